The standard InChI is InChI=1S/C16H19N3O3/c1-3-22-15(21)10-19-13-7-5-4-6-12(13)17-16(19)11-8-14(20)18(2)9-11/h4-7,11H,3,8-10H2,1-2H3. The van der Waals surface area contributed by atoms with E-state index in [9.17, 15) is 9.59 Å². The topological polar surface area (TPSA) is 64.4 Å². The number of imidazole rings is 1. The van der Waals surface area contributed by atoms with Crippen LogP contribution in [0.4, 0.5) is 0 Å². The van der Waals surface area contributed by atoms with Crippen molar-refractivity contribution in [1.29, 1.82) is 0 Å². The number of amides is 1. The Balaban J connectivity index is 2.01. The maximum absolute atomic E-state index is 11.9. The molecule has 1 fully saturated rings. The van der Waals surface area contributed by atoms with Crippen LogP contribution in [-0.2, 0) is 20.9 Å². The minimum Gasteiger partial charge on any atom is -0.465 e. The van der Waals surface area contributed by atoms with E-state index >= 15 is 0 Å². The van der Waals surface area contributed by atoms with Crippen molar-refractivity contribution in [3.05, 3.63) is 30.1 Å². The summed E-state index contributed by atoms with van der Waals surface area (Å²) in [6.07, 6.45) is 0.433. The van der Waals surface area contributed by atoms with Gasteiger partial charge in [-0.15, -0.1) is 0 Å². The molecular formula is C16H19N3O3. The Kier molecular flexibility index (Phi) is 3.83. The Morgan fingerprint density at radius 3 is 2.86 bits per heavy atom. The first-order valence-electron chi connectivity index (χ1n) is 7.45. The summed E-state index contributed by atoms with van der Waals surface area (Å²) in [6, 6.07) is 7.69. The second-order valence-corrected chi connectivity index (χ2v) is 5.53. The molecule has 3 rings (SSSR count). The van der Waals surface area contributed by atoms with Crippen molar-refractivity contribution < 1.29 is 14.3 Å². The fourth-order valence-electron chi connectivity index (χ4n) is 2.94. The summed E-state index contributed by atoms with van der Waals surface area (Å²) in [5, 5.41) is 0. The van der Waals surface area contributed by atoms with Gasteiger partial charge in [0.15, 0.2) is 0 Å². The van der Waals surface area contributed by atoms with Gasteiger partial charge in [-0.1, -0.05) is 12.1 Å². The molecule has 0 N–H and O–H groups in total. The van der Waals surface area contributed by atoms with Gasteiger partial charge in [-0.25, -0.2) is 4.98 Å². The lowest BCUT2D eigenvalue weighted by Crippen LogP contribution is -2.20. The van der Waals surface area contributed by atoms with E-state index in [4.69, 9.17) is 4.74 Å². The summed E-state index contributed by atoms with van der Waals surface area (Å²) in [5.41, 5.74) is 1.73. The van der Waals surface area contributed by atoms with Crippen LogP contribution in [0.15, 0.2) is 24.3 Å². The predicted molar refractivity (Wildman–Crippen MR) is 81.4 cm³/mol. The fourth-order valence-corrected chi connectivity index (χ4v) is 2.94. The van der Waals surface area contributed by atoms with E-state index in [2.05, 4.69) is 4.98 Å². The van der Waals surface area contributed by atoms with E-state index in [1.165, 1.54) is 0 Å². The van der Waals surface area contributed by atoms with Gasteiger partial charge >= 0.3 is 5.97 Å². The van der Waals surface area contributed by atoms with Crippen LogP contribution < -0.4 is 0 Å². The molecule has 2 aromatic rings. The number of nitrogens with zero attached hydrogens (tertiary/aromatic N) is 3. The van der Waals surface area contributed by atoms with Crippen molar-refractivity contribution in [2.45, 2.75) is 25.8 Å². The van der Waals surface area contributed by atoms with E-state index in [1.807, 2.05) is 28.8 Å². The summed E-state index contributed by atoms with van der Waals surface area (Å²) in [6.45, 7) is 2.89. The number of fused-ring (bicyclic) bond motifs is 1. The van der Waals surface area contributed by atoms with Crippen LogP contribution in [0, 0.1) is 0 Å². The Bertz CT molecular complexity index is 722. The molecule has 1 amide bonds. The lowest BCUT2D eigenvalue weighted by molar-refractivity contribution is -0.143. The van der Waals surface area contributed by atoms with Crippen LogP contribution in [0.3, 0.4) is 0 Å². The molecule has 1 saturated heterocycles. The quantitative estimate of drug-likeness (QED) is 0.804. The lowest BCUT2D eigenvalue weighted by atomic mass is 10.1. The first-order chi connectivity index (χ1) is 10.6. The highest BCUT2D eigenvalue weighted by atomic mass is 16.5. The molecule has 0 bridgehead atoms. The van der Waals surface area contributed by atoms with Gasteiger partial charge in [0, 0.05) is 25.9 Å². The normalized spacial score (nSPS) is 18.2. The van der Waals surface area contributed by atoms with Crippen molar-refractivity contribution in [3.8, 4) is 0 Å². The molecular weight excluding hydrogens is 282 g/mol. The second-order valence-electron chi connectivity index (χ2n) is 5.53. The molecule has 6 nitrogen and oxygen atoms in total. The minimum atomic E-state index is -0.287. The number of hydrogen-bond donors (Lipinski definition) is 0. The summed E-state index contributed by atoms with van der Waals surface area (Å²) in [4.78, 5) is 30.1. The number of esters is 1. The number of rotatable bonds is 4. The highest BCUT2D eigenvalue weighted by Crippen LogP contribution is 2.29. The molecule has 0 aliphatic carbocycles. The third-order valence-electron chi connectivity index (χ3n) is 3.98. The highest BCUT2D eigenvalue weighted by Gasteiger charge is 2.32. The molecule has 0 spiro atoms. The van der Waals surface area contributed by atoms with E-state index < -0.39 is 0 Å². The maximum atomic E-state index is 11.9. The molecule has 22 heavy (non-hydrogen) atoms. The summed E-state index contributed by atoms with van der Waals surface area (Å²) >= 11 is 0. The average Bonchev–Trinajstić information content (AvgIpc) is 3.01. The molecule has 0 saturated carbocycles. The van der Waals surface area contributed by atoms with Crippen LogP contribution in [0.5, 0.6) is 0 Å². The lowest BCUT2D eigenvalue weighted by Gasteiger charge is -2.13. The zero-order valence-corrected chi connectivity index (χ0v) is 12.8. The van der Waals surface area contributed by atoms with Crippen LogP contribution >= 0.6 is 0 Å². The number of ether oxygens (including phenoxy) is 1. The maximum Gasteiger partial charge on any atom is 0.326 e. The number of carbonyl (C=O) groups excluding carboxylic acids is 2. The Labute approximate surface area is 128 Å². The average molecular weight is 301 g/mol. The number of hydrogen-bond acceptors (Lipinski definition) is 4. The first kappa shape index (κ1) is 14.6. The monoisotopic (exact) mass is 301 g/mol. The van der Waals surface area contributed by atoms with Crippen LogP contribution in [0.1, 0.15) is 25.1 Å². The number of para-hydroxylation sites is 2. The van der Waals surface area contributed by atoms with Crippen LogP contribution in [-0.4, -0.2) is 46.5 Å². The molecule has 0 radical (unpaired) electrons. The van der Waals surface area contributed by atoms with Gasteiger partial charge in [-0.3, -0.25) is 9.59 Å². The van der Waals surface area contributed by atoms with Gasteiger partial charge in [0.25, 0.3) is 0 Å². The van der Waals surface area contributed by atoms with E-state index in [-0.39, 0.29) is 24.3 Å². The molecule has 1 aliphatic heterocycles. The molecule has 1 aromatic carbocycles. The van der Waals surface area contributed by atoms with Crippen molar-refractivity contribution >= 4 is 22.9 Å². The van der Waals surface area contributed by atoms with E-state index in [1.54, 1.807) is 18.9 Å². The molecule has 1 unspecified atom stereocenters. The van der Waals surface area contributed by atoms with Crippen molar-refractivity contribution in [2.24, 2.45) is 0 Å². The summed E-state index contributed by atoms with van der Waals surface area (Å²) < 4.78 is 6.94. The van der Waals surface area contributed by atoms with E-state index in [0.717, 1.165) is 16.9 Å². The summed E-state index contributed by atoms with van der Waals surface area (Å²) in [5.74, 6) is 0.621. The van der Waals surface area contributed by atoms with Gasteiger partial charge in [-0.2, -0.15) is 0 Å². The zero-order chi connectivity index (χ0) is 15.7. The number of aromatic nitrogens is 2. The Hall–Kier alpha value is -2.37. The third-order valence-corrected chi connectivity index (χ3v) is 3.98. The Morgan fingerprint density at radius 2 is 2.18 bits per heavy atom. The molecule has 116 valence electrons. The number of likely N-dealkylation sites (tertiary alicyclic amines) is 1. The smallest absolute Gasteiger partial charge is 0.326 e. The number of benzene rings is 1. The third kappa shape index (κ3) is 2.56. The Morgan fingerprint density at radius 1 is 1.41 bits per heavy atom. The van der Waals surface area contributed by atoms with E-state index in [0.29, 0.717) is 19.6 Å². The van der Waals surface area contributed by atoms with Crippen molar-refractivity contribution in [1.82, 2.24) is 14.5 Å². The fraction of sp³-hybridized carbons (Fsp3) is 0.438. The molecule has 1 aromatic heterocycles. The molecule has 2 heterocycles. The number of likely N-dealkylation sites (N-methyl/N-ethyl adjacent to an activating group) is 1. The SMILES string of the molecule is CCOC(=O)Cn1c(C2CC(=O)N(C)C2)nc2ccccc21. The summed E-state index contributed by atoms with van der Waals surface area (Å²) in [7, 11) is 1.79. The second kappa shape index (κ2) is 5.79. The van der Waals surface area contributed by atoms with Gasteiger partial charge in [0.2, 0.25) is 5.91 Å². The van der Waals surface area contributed by atoms with Crippen molar-refractivity contribution in [2.75, 3.05) is 20.2 Å². The van der Waals surface area contributed by atoms with Gasteiger partial charge in [0.1, 0.15) is 12.4 Å². The molecule has 1 aliphatic rings. The van der Waals surface area contributed by atoms with Gasteiger partial charge in [0.05, 0.1) is 17.6 Å². The van der Waals surface area contributed by atoms with Crippen LogP contribution in [0.2, 0.25) is 0 Å². The zero-order valence-electron chi connectivity index (χ0n) is 12.8. The predicted octanol–water partition coefficient (Wildman–Crippen LogP) is 1.55. The van der Waals surface area contributed by atoms with Gasteiger partial charge < -0.3 is 14.2 Å². The molecule has 6 heteroatoms. The van der Waals surface area contributed by atoms with Crippen LogP contribution in [0.25, 0.3) is 11.0 Å². The van der Waals surface area contributed by atoms with Gasteiger partial charge in [-0.05, 0) is 19.1 Å². The molecule has 1 atom stereocenters. The largest absolute Gasteiger partial charge is 0.465 e. The minimum absolute atomic E-state index is 0.0133. The first-order valence-corrected chi connectivity index (χ1v) is 7.45. The highest BCUT2D eigenvalue weighted by molar-refractivity contribution is 5.81. The number of carbonyl (C=O) groups is 2. The van der Waals surface area contributed by atoms with Crippen molar-refractivity contribution in [3.63, 3.8) is 0 Å².